The van der Waals surface area contributed by atoms with Gasteiger partial charge in [-0.15, -0.1) is 0 Å². The fourth-order valence-corrected chi connectivity index (χ4v) is 1.55. The van der Waals surface area contributed by atoms with Crippen LogP contribution in [-0.2, 0) is 0 Å². The smallest absolute Gasteiger partial charge is 0.119 e. The zero-order chi connectivity index (χ0) is 12.5. The van der Waals surface area contributed by atoms with Crippen LogP contribution in [0.3, 0.4) is 0 Å². The summed E-state index contributed by atoms with van der Waals surface area (Å²) >= 11 is 0. The first-order valence-corrected chi connectivity index (χ1v) is 6.36. The second kappa shape index (κ2) is 7.91. The number of nitrogens with two attached hydrogens (primary N) is 1. The third kappa shape index (κ3) is 5.55. The summed E-state index contributed by atoms with van der Waals surface area (Å²) in [6.07, 6.45) is 5.69. The number of unbranched alkanes of at least 4 members (excludes halogenated alkanes) is 2. The average molecular weight is 233 g/mol. The lowest BCUT2D eigenvalue weighted by molar-refractivity contribution is 0.306. The molecule has 0 amide bonds. The Morgan fingerprint density at radius 2 is 1.94 bits per heavy atom. The monoisotopic (exact) mass is 233 g/mol. The summed E-state index contributed by atoms with van der Waals surface area (Å²) < 4.78 is 5.65. The summed E-state index contributed by atoms with van der Waals surface area (Å²) in [5, 5.41) is 0. The Balaban J connectivity index is 2.45. The van der Waals surface area contributed by atoms with E-state index < -0.39 is 0 Å². The first-order chi connectivity index (χ1) is 8.26. The number of ether oxygens (including phenoxy) is 1. The molecular weight excluding hydrogens is 210 g/mol. The van der Waals surface area contributed by atoms with Crippen LogP contribution in [0.1, 0.15) is 38.7 Å². The normalized spacial score (nSPS) is 11.6. The van der Waals surface area contributed by atoms with Gasteiger partial charge in [0.25, 0.3) is 0 Å². The quantitative estimate of drug-likeness (QED) is 0.730. The largest absolute Gasteiger partial charge is 0.494 e. The molecule has 0 aliphatic carbocycles. The van der Waals surface area contributed by atoms with Gasteiger partial charge in [-0.2, -0.15) is 0 Å². The third-order valence-corrected chi connectivity index (χ3v) is 2.63. The van der Waals surface area contributed by atoms with Crippen molar-refractivity contribution < 1.29 is 4.74 Å². The fraction of sp³-hybridized carbons (Fsp3) is 0.467. The van der Waals surface area contributed by atoms with Crippen LogP contribution in [0.25, 0.3) is 6.08 Å². The minimum absolute atomic E-state index is 0.606. The SMILES string of the molecule is CCCCCOc1ccc(C=C(C)CN)cc1. The number of hydrogen-bond acceptors (Lipinski definition) is 2. The molecule has 0 aromatic heterocycles. The van der Waals surface area contributed by atoms with Gasteiger partial charge in [0, 0.05) is 6.54 Å². The highest BCUT2D eigenvalue weighted by molar-refractivity contribution is 5.53. The Hall–Kier alpha value is -1.28. The molecule has 0 spiro atoms. The van der Waals surface area contributed by atoms with Gasteiger partial charge in [0.2, 0.25) is 0 Å². The van der Waals surface area contributed by atoms with Gasteiger partial charge in [-0.25, -0.2) is 0 Å². The third-order valence-electron chi connectivity index (χ3n) is 2.63. The molecule has 0 unspecified atom stereocenters. The van der Waals surface area contributed by atoms with Crippen LogP contribution in [-0.4, -0.2) is 13.2 Å². The molecule has 17 heavy (non-hydrogen) atoms. The van der Waals surface area contributed by atoms with Gasteiger partial charge in [0.05, 0.1) is 6.61 Å². The maximum atomic E-state index is 5.65. The van der Waals surface area contributed by atoms with Crippen molar-refractivity contribution in [3.05, 3.63) is 35.4 Å². The van der Waals surface area contributed by atoms with Crippen LogP contribution >= 0.6 is 0 Å². The predicted molar refractivity (Wildman–Crippen MR) is 74.2 cm³/mol. The van der Waals surface area contributed by atoms with Crippen LogP contribution < -0.4 is 10.5 Å². The van der Waals surface area contributed by atoms with E-state index in [0.717, 1.165) is 18.8 Å². The first kappa shape index (κ1) is 13.8. The van der Waals surface area contributed by atoms with Crippen molar-refractivity contribution in [3.8, 4) is 5.75 Å². The summed E-state index contributed by atoms with van der Waals surface area (Å²) in [5.41, 5.74) is 7.91. The van der Waals surface area contributed by atoms with Crippen molar-refractivity contribution in [2.24, 2.45) is 5.73 Å². The Kier molecular flexibility index (Phi) is 6.41. The molecule has 94 valence electrons. The van der Waals surface area contributed by atoms with E-state index in [1.54, 1.807) is 0 Å². The van der Waals surface area contributed by atoms with E-state index in [-0.39, 0.29) is 0 Å². The molecule has 0 bridgehead atoms. The molecule has 2 heteroatoms. The van der Waals surface area contributed by atoms with Gasteiger partial charge in [-0.1, -0.05) is 43.5 Å². The zero-order valence-electron chi connectivity index (χ0n) is 10.9. The van der Waals surface area contributed by atoms with Crippen molar-refractivity contribution in [2.45, 2.75) is 33.1 Å². The molecule has 0 aliphatic rings. The molecule has 0 fully saturated rings. The van der Waals surface area contributed by atoms with Crippen LogP contribution in [0.15, 0.2) is 29.8 Å². The van der Waals surface area contributed by atoms with Gasteiger partial charge in [0.1, 0.15) is 5.75 Å². The second-order valence-corrected chi connectivity index (χ2v) is 4.32. The number of benzene rings is 1. The van der Waals surface area contributed by atoms with Gasteiger partial charge < -0.3 is 10.5 Å². The molecule has 2 N–H and O–H groups in total. The molecule has 0 aliphatic heterocycles. The van der Waals surface area contributed by atoms with Crippen molar-refractivity contribution in [2.75, 3.05) is 13.2 Å². The van der Waals surface area contributed by atoms with E-state index in [9.17, 15) is 0 Å². The van der Waals surface area contributed by atoms with Crippen molar-refractivity contribution in [3.63, 3.8) is 0 Å². The Bertz CT molecular complexity index is 340. The van der Waals surface area contributed by atoms with Gasteiger partial charge in [0.15, 0.2) is 0 Å². The minimum atomic E-state index is 0.606. The Labute approximate surface area is 104 Å². The Morgan fingerprint density at radius 1 is 1.24 bits per heavy atom. The van der Waals surface area contributed by atoms with Crippen molar-refractivity contribution >= 4 is 6.08 Å². The number of rotatable bonds is 7. The van der Waals surface area contributed by atoms with Gasteiger partial charge in [-0.3, -0.25) is 0 Å². The summed E-state index contributed by atoms with van der Waals surface area (Å²) in [6.45, 7) is 5.65. The molecular formula is C15H23NO. The lowest BCUT2D eigenvalue weighted by atomic mass is 10.1. The molecule has 2 nitrogen and oxygen atoms in total. The molecule has 0 saturated heterocycles. The molecule has 0 heterocycles. The maximum absolute atomic E-state index is 5.65. The fourth-order valence-electron chi connectivity index (χ4n) is 1.55. The van der Waals surface area contributed by atoms with E-state index in [1.165, 1.54) is 24.0 Å². The summed E-state index contributed by atoms with van der Waals surface area (Å²) in [5.74, 6) is 0.948. The predicted octanol–water partition coefficient (Wildman–Crippen LogP) is 3.62. The lowest BCUT2D eigenvalue weighted by Gasteiger charge is -2.06. The molecule has 1 rings (SSSR count). The molecule has 1 aromatic carbocycles. The van der Waals surface area contributed by atoms with E-state index in [0.29, 0.717) is 6.54 Å². The molecule has 1 aromatic rings. The van der Waals surface area contributed by atoms with Crippen LogP contribution in [0.4, 0.5) is 0 Å². The summed E-state index contributed by atoms with van der Waals surface area (Å²) in [7, 11) is 0. The van der Waals surface area contributed by atoms with Crippen LogP contribution in [0, 0.1) is 0 Å². The van der Waals surface area contributed by atoms with E-state index >= 15 is 0 Å². The molecule has 0 atom stereocenters. The molecule has 0 saturated carbocycles. The van der Waals surface area contributed by atoms with E-state index in [4.69, 9.17) is 10.5 Å². The maximum Gasteiger partial charge on any atom is 0.119 e. The standard InChI is InChI=1S/C15H23NO/c1-3-4-5-10-17-15-8-6-14(7-9-15)11-13(2)12-16/h6-9,11H,3-5,10,12,16H2,1-2H3. The van der Waals surface area contributed by atoms with E-state index in [2.05, 4.69) is 25.1 Å². The van der Waals surface area contributed by atoms with Gasteiger partial charge >= 0.3 is 0 Å². The van der Waals surface area contributed by atoms with Crippen LogP contribution in [0.5, 0.6) is 5.75 Å². The first-order valence-electron chi connectivity index (χ1n) is 6.36. The Morgan fingerprint density at radius 3 is 2.53 bits per heavy atom. The van der Waals surface area contributed by atoms with Gasteiger partial charge in [-0.05, 0) is 31.0 Å². The second-order valence-electron chi connectivity index (χ2n) is 4.32. The highest BCUT2D eigenvalue weighted by Crippen LogP contribution is 2.14. The van der Waals surface area contributed by atoms with Crippen LogP contribution in [0.2, 0.25) is 0 Å². The van der Waals surface area contributed by atoms with Crippen molar-refractivity contribution in [1.29, 1.82) is 0 Å². The minimum Gasteiger partial charge on any atom is -0.494 e. The van der Waals surface area contributed by atoms with Crippen molar-refractivity contribution in [1.82, 2.24) is 0 Å². The highest BCUT2D eigenvalue weighted by atomic mass is 16.5. The summed E-state index contributed by atoms with van der Waals surface area (Å²) in [4.78, 5) is 0. The summed E-state index contributed by atoms with van der Waals surface area (Å²) in [6, 6.07) is 8.16. The zero-order valence-corrected chi connectivity index (χ0v) is 10.9. The lowest BCUT2D eigenvalue weighted by Crippen LogP contribution is -1.99. The highest BCUT2D eigenvalue weighted by Gasteiger charge is 1.94. The topological polar surface area (TPSA) is 35.2 Å². The van der Waals surface area contributed by atoms with E-state index in [1.807, 2.05) is 19.1 Å². The average Bonchev–Trinajstić information content (AvgIpc) is 2.36. The molecule has 0 radical (unpaired) electrons. The number of hydrogen-bond donors (Lipinski definition) is 1.